The fraction of sp³-hybridized carbons (Fsp3) is 0.571. The number of hydrogen-bond acceptors (Lipinski definition) is 3. The zero-order chi connectivity index (χ0) is 14.6. The van der Waals surface area contributed by atoms with Gasteiger partial charge in [-0.2, -0.15) is 0 Å². The summed E-state index contributed by atoms with van der Waals surface area (Å²) in [6.07, 6.45) is 0. The molecule has 0 heterocycles. The van der Waals surface area contributed by atoms with Gasteiger partial charge < -0.3 is 5.32 Å². The number of sulfonamides is 1. The van der Waals surface area contributed by atoms with Crippen LogP contribution in [0.1, 0.15) is 30.5 Å². The molecule has 0 amide bonds. The molecule has 0 aromatic heterocycles. The number of hydrogen-bond donors (Lipinski definition) is 1. The second-order valence-electron chi connectivity index (χ2n) is 4.74. The van der Waals surface area contributed by atoms with Gasteiger partial charge in [0.25, 0.3) is 0 Å². The van der Waals surface area contributed by atoms with Gasteiger partial charge in [0, 0.05) is 20.1 Å². The summed E-state index contributed by atoms with van der Waals surface area (Å²) >= 11 is 0. The van der Waals surface area contributed by atoms with Crippen LogP contribution in [0.2, 0.25) is 0 Å². The van der Waals surface area contributed by atoms with Gasteiger partial charge in [-0.25, -0.2) is 12.7 Å². The highest BCUT2D eigenvalue weighted by molar-refractivity contribution is 7.89. The first-order valence-electron chi connectivity index (χ1n) is 6.61. The fourth-order valence-corrected chi connectivity index (χ4v) is 3.40. The molecule has 0 aliphatic heterocycles. The SMILES string of the molecule is CCNCc1cc(C)c(C)c(S(=O)(=O)N(C)CC)c1. The van der Waals surface area contributed by atoms with Crippen LogP contribution in [0, 0.1) is 13.8 Å². The molecule has 1 aromatic carbocycles. The number of benzene rings is 1. The lowest BCUT2D eigenvalue weighted by atomic mass is 10.1. The maximum absolute atomic E-state index is 12.5. The monoisotopic (exact) mass is 284 g/mol. The molecule has 1 N–H and O–H groups in total. The number of nitrogens with one attached hydrogen (secondary N) is 1. The highest BCUT2D eigenvalue weighted by atomic mass is 32.2. The van der Waals surface area contributed by atoms with Crippen molar-refractivity contribution in [2.24, 2.45) is 0 Å². The van der Waals surface area contributed by atoms with E-state index in [1.165, 1.54) is 4.31 Å². The zero-order valence-electron chi connectivity index (χ0n) is 12.4. The minimum absolute atomic E-state index is 0.421. The van der Waals surface area contributed by atoms with Gasteiger partial charge in [0.1, 0.15) is 0 Å². The molecular formula is C14H24N2O2S. The van der Waals surface area contributed by atoms with Crippen molar-refractivity contribution in [1.82, 2.24) is 9.62 Å². The molecule has 1 rings (SSSR count). The van der Waals surface area contributed by atoms with E-state index in [9.17, 15) is 8.42 Å². The van der Waals surface area contributed by atoms with Gasteiger partial charge in [-0.15, -0.1) is 0 Å². The second kappa shape index (κ2) is 6.50. The molecule has 5 heteroatoms. The normalized spacial score (nSPS) is 12.1. The molecule has 1 aromatic rings. The molecule has 108 valence electrons. The topological polar surface area (TPSA) is 49.4 Å². The molecule has 4 nitrogen and oxygen atoms in total. The van der Waals surface area contributed by atoms with E-state index in [0.29, 0.717) is 18.0 Å². The lowest BCUT2D eigenvalue weighted by Gasteiger charge is -2.19. The quantitative estimate of drug-likeness (QED) is 0.870. The van der Waals surface area contributed by atoms with Crippen molar-refractivity contribution >= 4 is 10.0 Å². The fourth-order valence-electron chi connectivity index (χ4n) is 1.88. The van der Waals surface area contributed by atoms with Crippen LogP contribution < -0.4 is 5.32 Å². The highest BCUT2D eigenvalue weighted by Gasteiger charge is 2.22. The summed E-state index contributed by atoms with van der Waals surface area (Å²) in [7, 11) is -1.77. The molecule has 0 bridgehead atoms. The van der Waals surface area contributed by atoms with Gasteiger partial charge in [-0.1, -0.05) is 19.9 Å². The standard InChI is InChI=1S/C14H24N2O2S/c1-6-15-10-13-8-11(3)12(4)14(9-13)19(17,18)16(5)7-2/h8-9,15H,6-7,10H2,1-5H3. The predicted octanol–water partition coefficient (Wildman–Crippen LogP) is 2.05. The Hall–Kier alpha value is -0.910. The van der Waals surface area contributed by atoms with Crippen LogP contribution in [0.3, 0.4) is 0 Å². The summed E-state index contributed by atoms with van der Waals surface area (Å²) < 4.78 is 26.3. The summed E-state index contributed by atoms with van der Waals surface area (Å²) in [4.78, 5) is 0.421. The van der Waals surface area contributed by atoms with E-state index in [1.807, 2.05) is 33.8 Å². The average molecular weight is 284 g/mol. The summed E-state index contributed by atoms with van der Waals surface area (Å²) in [6, 6.07) is 3.83. The largest absolute Gasteiger partial charge is 0.313 e. The molecule has 0 saturated carbocycles. The molecule has 0 aliphatic carbocycles. The Morgan fingerprint density at radius 1 is 1.21 bits per heavy atom. The van der Waals surface area contributed by atoms with Gasteiger partial charge in [0.2, 0.25) is 10.0 Å². The van der Waals surface area contributed by atoms with Crippen molar-refractivity contribution in [3.8, 4) is 0 Å². The van der Waals surface area contributed by atoms with Gasteiger partial charge in [0.05, 0.1) is 4.90 Å². The number of nitrogens with zero attached hydrogens (tertiary/aromatic N) is 1. The Bertz CT molecular complexity index is 539. The second-order valence-corrected chi connectivity index (χ2v) is 6.75. The third-order valence-corrected chi connectivity index (χ3v) is 5.45. The van der Waals surface area contributed by atoms with Gasteiger partial charge >= 0.3 is 0 Å². The Morgan fingerprint density at radius 3 is 2.37 bits per heavy atom. The van der Waals surface area contributed by atoms with Crippen LogP contribution in [-0.4, -0.2) is 32.9 Å². The molecule has 0 atom stereocenters. The van der Waals surface area contributed by atoms with Crippen LogP contribution in [0.5, 0.6) is 0 Å². The van der Waals surface area contributed by atoms with E-state index in [-0.39, 0.29) is 0 Å². The van der Waals surface area contributed by atoms with Crippen molar-refractivity contribution in [3.63, 3.8) is 0 Å². The molecule has 0 fully saturated rings. The maximum atomic E-state index is 12.5. The van der Waals surface area contributed by atoms with Gasteiger partial charge in [0.15, 0.2) is 0 Å². The van der Waals surface area contributed by atoms with Crippen molar-refractivity contribution in [2.45, 2.75) is 39.1 Å². The minimum Gasteiger partial charge on any atom is -0.313 e. The first-order chi connectivity index (χ1) is 8.84. The lowest BCUT2D eigenvalue weighted by molar-refractivity contribution is 0.485. The highest BCUT2D eigenvalue weighted by Crippen LogP contribution is 2.23. The zero-order valence-corrected chi connectivity index (χ0v) is 13.3. The van der Waals surface area contributed by atoms with Crippen LogP contribution >= 0.6 is 0 Å². The van der Waals surface area contributed by atoms with E-state index in [4.69, 9.17) is 0 Å². The van der Waals surface area contributed by atoms with Crippen LogP contribution in [0.25, 0.3) is 0 Å². The van der Waals surface area contributed by atoms with E-state index >= 15 is 0 Å². The van der Waals surface area contributed by atoms with Crippen LogP contribution in [-0.2, 0) is 16.6 Å². The first-order valence-corrected chi connectivity index (χ1v) is 8.05. The Labute approximate surface area is 116 Å². The third-order valence-electron chi connectivity index (χ3n) is 3.39. The average Bonchev–Trinajstić information content (AvgIpc) is 2.38. The van der Waals surface area contributed by atoms with E-state index in [1.54, 1.807) is 13.1 Å². The molecule has 0 aliphatic rings. The molecule has 19 heavy (non-hydrogen) atoms. The van der Waals surface area contributed by atoms with Crippen LogP contribution in [0.4, 0.5) is 0 Å². The summed E-state index contributed by atoms with van der Waals surface area (Å²) in [5, 5.41) is 3.22. The van der Waals surface area contributed by atoms with E-state index in [2.05, 4.69) is 5.32 Å². The first kappa shape index (κ1) is 16.1. The Balaban J connectivity index is 3.30. The van der Waals surface area contributed by atoms with E-state index in [0.717, 1.165) is 23.2 Å². The van der Waals surface area contributed by atoms with Crippen molar-refractivity contribution < 1.29 is 8.42 Å². The minimum atomic E-state index is -3.38. The summed E-state index contributed by atoms with van der Waals surface area (Å²) in [5.74, 6) is 0. The number of rotatable bonds is 6. The van der Waals surface area contributed by atoms with Crippen molar-refractivity contribution in [2.75, 3.05) is 20.1 Å². The van der Waals surface area contributed by atoms with Gasteiger partial charge in [-0.05, 0) is 43.1 Å². The Morgan fingerprint density at radius 2 is 1.84 bits per heavy atom. The molecule has 0 spiro atoms. The summed E-state index contributed by atoms with van der Waals surface area (Å²) in [6.45, 7) is 9.71. The number of aryl methyl sites for hydroxylation is 1. The lowest BCUT2D eigenvalue weighted by Crippen LogP contribution is -2.27. The van der Waals surface area contributed by atoms with Crippen molar-refractivity contribution in [3.05, 3.63) is 28.8 Å². The molecule has 0 saturated heterocycles. The summed E-state index contributed by atoms with van der Waals surface area (Å²) in [5.41, 5.74) is 2.85. The van der Waals surface area contributed by atoms with Crippen molar-refractivity contribution in [1.29, 1.82) is 0 Å². The predicted molar refractivity (Wildman–Crippen MR) is 78.8 cm³/mol. The van der Waals surface area contributed by atoms with Crippen LogP contribution in [0.15, 0.2) is 17.0 Å². The Kier molecular flexibility index (Phi) is 5.52. The molecular weight excluding hydrogens is 260 g/mol. The molecule has 0 radical (unpaired) electrons. The van der Waals surface area contributed by atoms with Gasteiger partial charge in [-0.3, -0.25) is 0 Å². The molecule has 0 unspecified atom stereocenters. The van der Waals surface area contributed by atoms with E-state index < -0.39 is 10.0 Å². The smallest absolute Gasteiger partial charge is 0.243 e. The maximum Gasteiger partial charge on any atom is 0.243 e. The third kappa shape index (κ3) is 3.55.